The van der Waals surface area contributed by atoms with E-state index < -0.39 is 12.7 Å². The van der Waals surface area contributed by atoms with Gasteiger partial charge in [-0.25, -0.2) is 4.98 Å². The SMILES string of the molecule is Cc1sc(NC(=O)C2COCCN2)nc1-c1ccc(OC(F)F)cc1.Cl. The third-order valence-electron chi connectivity index (χ3n) is 3.62. The summed E-state index contributed by atoms with van der Waals surface area (Å²) < 4.78 is 34.0. The van der Waals surface area contributed by atoms with E-state index in [2.05, 4.69) is 20.4 Å². The van der Waals surface area contributed by atoms with Crippen molar-refractivity contribution in [1.29, 1.82) is 0 Å². The fraction of sp³-hybridized carbons (Fsp3) is 0.375. The van der Waals surface area contributed by atoms with Gasteiger partial charge < -0.3 is 20.1 Å². The molecule has 3 rings (SSSR count). The van der Waals surface area contributed by atoms with Crippen LogP contribution in [-0.2, 0) is 9.53 Å². The number of benzene rings is 1. The van der Waals surface area contributed by atoms with Crippen LogP contribution >= 0.6 is 23.7 Å². The van der Waals surface area contributed by atoms with Crippen LogP contribution in [0.2, 0.25) is 0 Å². The van der Waals surface area contributed by atoms with Gasteiger partial charge >= 0.3 is 6.61 Å². The number of rotatable bonds is 5. The van der Waals surface area contributed by atoms with Gasteiger partial charge in [0.2, 0.25) is 5.91 Å². The number of aromatic nitrogens is 1. The lowest BCUT2D eigenvalue weighted by atomic mass is 10.1. The molecule has 1 amide bonds. The van der Waals surface area contributed by atoms with Gasteiger partial charge in [-0.3, -0.25) is 4.79 Å². The molecule has 0 bridgehead atoms. The van der Waals surface area contributed by atoms with Crippen molar-refractivity contribution in [3.63, 3.8) is 0 Å². The molecule has 0 saturated carbocycles. The van der Waals surface area contributed by atoms with Crippen molar-refractivity contribution < 1.29 is 23.0 Å². The van der Waals surface area contributed by atoms with Crippen molar-refractivity contribution in [3.8, 4) is 17.0 Å². The molecular formula is C16H18ClF2N3O3S. The first-order valence-corrected chi connectivity index (χ1v) is 8.49. The summed E-state index contributed by atoms with van der Waals surface area (Å²) in [7, 11) is 0. The molecule has 1 atom stereocenters. The van der Waals surface area contributed by atoms with E-state index in [-0.39, 0.29) is 24.1 Å². The van der Waals surface area contributed by atoms with Crippen LogP contribution in [-0.4, -0.2) is 43.3 Å². The van der Waals surface area contributed by atoms with E-state index >= 15 is 0 Å². The van der Waals surface area contributed by atoms with Crippen molar-refractivity contribution in [2.75, 3.05) is 25.1 Å². The predicted octanol–water partition coefficient (Wildman–Crippen LogP) is 3.07. The molecule has 2 aromatic rings. The van der Waals surface area contributed by atoms with Gasteiger partial charge in [-0.1, -0.05) is 0 Å². The fourth-order valence-electron chi connectivity index (χ4n) is 2.44. The summed E-state index contributed by atoms with van der Waals surface area (Å²) >= 11 is 1.35. The monoisotopic (exact) mass is 405 g/mol. The summed E-state index contributed by atoms with van der Waals surface area (Å²) in [5, 5.41) is 6.34. The Morgan fingerprint density at radius 3 is 2.77 bits per heavy atom. The Kier molecular flexibility index (Phi) is 7.27. The van der Waals surface area contributed by atoms with Gasteiger partial charge in [0.15, 0.2) is 5.13 Å². The summed E-state index contributed by atoms with van der Waals surface area (Å²) in [6.07, 6.45) is 0. The average molecular weight is 406 g/mol. The number of nitrogens with one attached hydrogen (secondary N) is 2. The van der Waals surface area contributed by atoms with E-state index in [0.29, 0.717) is 30.6 Å². The Morgan fingerprint density at radius 2 is 2.15 bits per heavy atom. The van der Waals surface area contributed by atoms with Gasteiger partial charge in [0, 0.05) is 17.0 Å². The first kappa shape index (κ1) is 20.5. The number of ether oxygens (including phenoxy) is 2. The summed E-state index contributed by atoms with van der Waals surface area (Å²) in [6, 6.07) is 5.83. The second kappa shape index (κ2) is 9.22. The van der Waals surface area contributed by atoms with Crippen LogP contribution in [0, 0.1) is 6.92 Å². The minimum Gasteiger partial charge on any atom is -0.435 e. The van der Waals surface area contributed by atoms with Gasteiger partial charge in [-0.05, 0) is 31.2 Å². The third-order valence-corrected chi connectivity index (χ3v) is 4.50. The average Bonchev–Trinajstić information content (AvgIpc) is 2.96. The lowest BCUT2D eigenvalue weighted by Crippen LogP contribution is -2.48. The lowest BCUT2D eigenvalue weighted by Gasteiger charge is -2.22. The van der Waals surface area contributed by atoms with Gasteiger partial charge in [0.1, 0.15) is 11.8 Å². The molecule has 0 radical (unpaired) electrons. The molecule has 2 heterocycles. The van der Waals surface area contributed by atoms with Crippen molar-refractivity contribution in [3.05, 3.63) is 29.1 Å². The number of halogens is 3. The van der Waals surface area contributed by atoms with E-state index in [9.17, 15) is 13.6 Å². The van der Waals surface area contributed by atoms with Crippen molar-refractivity contribution in [2.45, 2.75) is 19.6 Å². The minimum atomic E-state index is -2.86. The van der Waals surface area contributed by atoms with E-state index in [4.69, 9.17) is 4.74 Å². The molecule has 1 aromatic heterocycles. The van der Waals surface area contributed by atoms with E-state index in [1.54, 1.807) is 12.1 Å². The molecule has 1 unspecified atom stereocenters. The summed E-state index contributed by atoms with van der Waals surface area (Å²) in [5.41, 5.74) is 1.45. The number of hydrogen-bond acceptors (Lipinski definition) is 6. The second-order valence-electron chi connectivity index (χ2n) is 5.40. The number of amides is 1. The molecule has 0 spiro atoms. The number of alkyl halides is 2. The molecule has 1 aliphatic rings. The zero-order valence-corrected chi connectivity index (χ0v) is 15.5. The minimum absolute atomic E-state index is 0. The highest BCUT2D eigenvalue weighted by atomic mass is 35.5. The Morgan fingerprint density at radius 1 is 1.42 bits per heavy atom. The topological polar surface area (TPSA) is 72.5 Å². The van der Waals surface area contributed by atoms with Crippen LogP contribution in [0.5, 0.6) is 5.75 Å². The molecule has 1 aliphatic heterocycles. The van der Waals surface area contributed by atoms with Crippen LogP contribution < -0.4 is 15.4 Å². The first-order valence-electron chi connectivity index (χ1n) is 7.67. The molecule has 142 valence electrons. The highest BCUT2D eigenvalue weighted by molar-refractivity contribution is 7.16. The smallest absolute Gasteiger partial charge is 0.387 e. The maximum absolute atomic E-state index is 12.2. The maximum Gasteiger partial charge on any atom is 0.387 e. The number of morpholine rings is 1. The van der Waals surface area contributed by atoms with E-state index in [0.717, 1.165) is 10.4 Å². The van der Waals surface area contributed by atoms with Gasteiger partial charge in [-0.15, -0.1) is 23.7 Å². The molecule has 1 saturated heterocycles. The molecule has 0 aliphatic carbocycles. The first-order chi connectivity index (χ1) is 12.0. The Bertz CT molecular complexity index is 737. The number of hydrogen-bond donors (Lipinski definition) is 2. The van der Waals surface area contributed by atoms with Gasteiger partial charge in [0.05, 0.1) is 18.9 Å². The highest BCUT2D eigenvalue weighted by Gasteiger charge is 2.22. The van der Waals surface area contributed by atoms with Crippen molar-refractivity contribution >= 4 is 34.8 Å². The largest absolute Gasteiger partial charge is 0.435 e. The normalized spacial score (nSPS) is 16.8. The number of aryl methyl sites for hydroxylation is 1. The Balaban J connectivity index is 0.00000243. The molecule has 26 heavy (non-hydrogen) atoms. The number of nitrogens with zero attached hydrogens (tertiary/aromatic N) is 1. The second-order valence-corrected chi connectivity index (χ2v) is 6.60. The number of carbonyl (C=O) groups is 1. The number of anilines is 1. The third kappa shape index (κ3) is 5.10. The maximum atomic E-state index is 12.2. The molecule has 6 nitrogen and oxygen atoms in total. The van der Waals surface area contributed by atoms with Gasteiger partial charge in [-0.2, -0.15) is 8.78 Å². The van der Waals surface area contributed by atoms with Gasteiger partial charge in [0.25, 0.3) is 0 Å². The van der Waals surface area contributed by atoms with Crippen LogP contribution in [0.3, 0.4) is 0 Å². The highest BCUT2D eigenvalue weighted by Crippen LogP contribution is 2.31. The Hall–Kier alpha value is -1.81. The molecule has 1 fully saturated rings. The van der Waals surface area contributed by atoms with Crippen molar-refractivity contribution in [1.82, 2.24) is 10.3 Å². The van der Waals surface area contributed by atoms with Crippen LogP contribution in [0.1, 0.15) is 4.88 Å². The van der Waals surface area contributed by atoms with Crippen molar-refractivity contribution in [2.24, 2.45) is 0 Å². The lowest BCUT2D eigenvalue weighted by molar-refractivity contribution is -0.120. The van der Waals surface area contributed by atoms with E-state index in [1.807, 2.05) is 6.92 Å². The van der Waals surface area contributed by atoms with Crippen LogP contribution in [0.4, 0.5) is 13.9 Å². The zero-order valence-electron chi connectivity index (χ0n) is 13.8. The quantitative estimate of drug-likeness (QED) is 0.799. The number of carbonyl (C=O) groups excluding carboxylic acids is 1. The molecule has 1 aromatic carbocycles. The predicted molar refractivity (Wildman–Crippen MR) is 97.4 cm³/mol. The zero-order chi connectivity index (χ0) is 17.8. The van der Waals surface area contributed by atoms with Crippen LogP contribution in [0.25, 0.3) is 11.3 Å². The summed E-state index contributed by atoms with van der Waals surface area (Å²) in [5.74, 6) is -0.107. The molecule has 2 N–H and O–H groups in total. The molecular weight excluding hydrogens is 388 g/mol. The summed E-state index contributed by atoms with van der Waals surface area (Å²) in [4.78, 5) is 17.5. The number of thiazole rings is 1. The summed E-state index contributed by atoms with van der Waals surface area (Å²) in [6.45, 7) is 0.581. The van der Waals surface area contributed by atoms with Crippen LogP contribution in [0.15, 0.2) is 24.3 Å². The van der Waals surface area contributed by atoms with E-state index in [1.165, 1.54) is 23.5 Å². The standard InChI is InChI=1S/C16H17F2N3O3S.ClH/c1-9-13(10-2-4-11(5-3-10)24-15(17)18)20-16(25-9)21-14(22)12-8-23-7-6-19-12;/h2-5,12,15,19H,6-8H2,1H3,(H,20,21,22);1H. The fourth-order valence-corrected chi connectivity index (χ4v) is 3.28. The Labute approximate surface area is 159 Å². The molecule has 10 heteroatoms.